The van der Waals surface area contributed by atoms with Crippen molar-refractivity contribution < 1.29 is 62.2 Å². The number of aromatic nitrogens is 3. The van der Waals surface area contributed by atoms with Gasteiger partial charge in [-0.05, 0) is 42.0 Å². The van der Waals surface area contributed by atoms with E-state index in [9.17, 15) is 57.5 Å². The fourth-order valence-corrected chi connectivity index (χ4v) is 7.15. The van der Waals surface area contributed by atoms with Gasteiger partial charge in [-0.25, -0.2) is 8.42 Å². The number of amides is 1. The molecule has 1 aliphatic rings. The lowest BCUT2D eigenvalue weighted by atomic mass is 10.2. The molecule has 5 rings (SSSR count). The van der Waals surface area contributed by atoms with Gasteiger partial charge in [-0.2, -0.15) is 27.0 Å². The normalized spacial score (nSPS) is 16.5. The van der Waals surface area contributed by atoms with Crippen molar-refractivity contribution in [1.82, 2.24) is 24.2 Å². The number of nitrogens with one attached hydrogen (secondary N) is 1. The number of hydrogen-bond donors (Lipinski definition) is 1. The van der Waals surface area contributed by atoms with Gasteiger partial charge >= 0.3 is 18.9 Å². The number of alkyl halides is 9. The molecule has 0 spiro atoms. The molecule has 2 aromatic heterocycles. The predicted molar refractivity (Wildman–Crippen MR) is 150 cm³/mol. The number of sulfonamides is 1. The lowest BCUT2D eigenvalue weighted by Crippen LogP contribution is -2.60. The number of carbonyl (C=O) groups is 1. The number of anilines is 1. The highest BCUT2D eigenvalue weighted by Crippen LogP contribution is 2.33. The van der Waals surface area contributed by atoms with E-state index < -0.39 is 86.6 Å². The van der Waals surface area contributed by atoms with Crippen LogP contribution >= 0.6 is 11.3 Å². The summed E-state index contributed by atoms with van der Waals surface area (Å²) in [6.45, 7) is -1.55. The average molecular weight is 747 g/mol. The Hall–Kier alpha value is -4.64. The van der Waals surface area contributed by atoms with Gasteiger partial charge in [-0.1, -0.05) is 23.5 Å². The summed E-state index contributed by atoms with van der Waals surface area (Å²) in [6, 6.07) is 6.07. The highest BCUT2D eigenvalue weighted by Gasteiger charge is 2.42. The molecule has 264 valence electrons. The summed E-state index contributed by atoms with van der Waals surface area (Å²) < 4.78 is 152. The number of piperazine rings is 1. The number of benzene rings is 2. The zero-order valence-corrected chi connectivity index (χ0v) is 25.6. The molecule has 1 amide bonds. The van der Waals surface area contributed by atoms with Crippen LogP contribution in [0.15, 0.2) is 64.3 Å². The Bertz CT molecular complexity index is 2000. The molecule has 0 bridgehead atoms. The predicted octanol–water partition coefficient (Wildman–Crippen LogP) is 4.16. The Morgan fingerprint density at radius 2 is 1.47 bits per heavy atom. The third-order valence-electron chi connectivity index (χ3n) is 6.73. The van der Waals surface area contributed by atoms with E-state index in [1.54, 1.807) is 0 Å². The van der Waals surface area contributed by atoms with Crippen LogP contribution in [0.5, 0.6) is 11.5 Å². The molecular weight excluding hydrogens is 727 g/mol. The van der Waals surface area contributed by atoms with Crippen molar-refractivity contribution in [2.24, 2.45) is 0 Å². The minimum absolute atomic E-state index is 0.160. The first-order chi connectivity index (χ1) is 22.7. The molecule has 23 heteroatoms. The van der Waals surface area contributed by atoms with Crippen LogP contribution in [-0.4, -0.2) is 71.6 Å². The monoisotopic (exact) mass is 746 g/mol. The summed E-state index contributed by atoms with van der Waals surface area (Å²) in [6.07, 6.45) is -15.0. The second kappa shape index (κ2) is 13.0. The Morgan fingerprint density at radius 1 is 0.898 bits per heavy atom. The van der Waals surface area contributed by atoms with E-state index in [1.807, 2.05) is 0 Å². The van der Waals surface area contributed by atoms with E-state index in [0.29, 0.717) is 15.9 Å². The van der Waals surface area contributed by atoms with Crippen LogP contribution in [0, 0.1) is 0 Å². The van der Waals surface area contributed by atoms with Gasteiger partial charge in [0.05, 0.1) is 4.90 Å². The molecule has 12 nitrogen and oxygen atoms in total. The topological polar surface area (TPSA) is 135 Å². The minimum Gasteiger partial charge on any atom is -0.406 e. The lowest BCUT2D eigenvalue weighted by molar-refractivity contribution is -0.275. The van der Waals surface area contributed by atoms with Gasteiger partial charge in [-0.3, -0.25) is 9.59 Å². The fraction of sp³-hybridized carbons (Fsp3) is 0.308. The molecular formula is C26H19F9N6O6S2. The number of ether oxygens (including phenoxy) is 2. The molecule has 0 radical (unpaired) electrons. The maximum Gasteiger partial charge on any atom is 0.573 e. The van der Waals surface area contributed by atoms with Gasteiger partial charge in [0.1, 0.15) is 17.5 Å². The van der Waals surface area contributed by atoms with Crippen LogP contribution in [0.3, 0.4) is 0 Å². The van der Waals surface area contributed by atoms with Crippen LogP contribution in [0.25, 0.3) is 4.96 Å². The molecule has 0 aliphatic carbocycles. The molecule has 1 aliphatic heterocycles. The maximum absolute atomic E-state index is 13.7. The van der Waals surface area contributed by atoms with Gasteiger partial charge in [-0.15, -0.1) is 31.4 Å². The van der Waals surface area contributed by atoms with Crippen LogP contribution in [0.4, 0.5) is 44.6 Å². The SMILES string of the molecule is O=C(NCc1ccc(OC(F)(F)F)cc1)[C@H]1CN(c2nn3c(C(F)(F)F)cc(=O)nc3s2)CCN1S(=O)(=O)c1ccc(OC(F)(F)F)cc1. The molecule has 1 fully saturated rings. The summed E-state index contributed by atoms with van der Waals surface area (Å²) in [5.41, 5.74) is -2.35. The van der Waals surface area contributed by atoms with Gasteiger partial charge in [0.2, 0.25) is 26.0 Å². The molecule has 1 atom stereocenters. The summed E-state index contributed by atoms with van der Waals surface area (Å²) >= 11 is 0.558. The Morgan fingerprint density at radius 3 is 2.02 bits per heavy atom. The molecule has 2 aromatic carbocycles. The van der Waals surface area contributed by atoms with Gasteiger partial charge < -0.3 is 19.7 Å². The van der Waals surface area contributed by atoms with E-state index in [2.05, 4.69) is 24.9 Å². The summed E-state index contributed by atoms with van der Waals surface area (Å²) in [4.78, 5) is 29.2. The number of carbonyl (C=O) groups excluding carboxylic acids is 1. The lowest BCUT2D eigenvalue weighted by Gasteiger charge is -2.39. The van der Waals surface area contributed by atoms with Crippen molar-refractivity contribution in [3.8, 4) is 11.5 Å². The fourth-order valence-electron chi connectivity index (χ4n) is 4.64. The molecule has 0 unspecified atom stereocenters. The number of hydrogen-bond acceptors (Lipinski definition) is 10. The molecule has 1 saturated heterocycles. The largest absolute Gasteiger partial charge is 0.573 e. The van der Waals surface area contributed by atoms with Crippen LogP contribution < -0.4 is 25.2 Å². The summed E-state index contributed by atoms with van der Waals surface area (Å²) in [5.74, 6) is -2.22. The van der Waals surface area contributed by atoms with Crippen molar-refractivity contribution in [3.63, 3.8) is 0 Å². The van der Waals surface area contributed by atoms with Crippen LogP contribution in [-0.2, 0) is 27.5 Å². The second-order valence-electron chi connectivity index (χ2n) is 10.1. The Balaban J connectivity index is 1.43. The van der Waals surface area contributed by atoms with Gasteiger partial charge in [0, 0.05) is 32.2 Å². The number of fused-ring (bicyclic) bond motifs is 1. The zero-order chi connectivity index (χ0) is 35.9. The Labute approximate surface area is 272 Å². The van der Waals surface area contributed by atoms with Crippen LogP contribution in [0.2, 0.25) is 0 Å². The van der Waals surface area contributed by atoms with Crippen molar-refractivity contribution in [3.05, 3.63) is 76.2 Å². The molecule has 49 heavy (non-hydrogen) atoms. The number of rotatable bonds is 8. The zero-order valence-electron chi connectivity index (χ0n) is 24.0. The third-order valence-corrected chi connectivity index (χ3v) is 9.62. The summed E-state index contributed by atoms with van der Waals surface area (Å²) in [5, 5.41) is 6.19. The average Bonchev–Trinajstić information content (AvgIpc) is 3.42. The molecule has 0 saturated carbocycles. The Kier molecular flexibility index (Phi) is 9.46. The van der Waals surface area contributed by atoms with E-state index in [4.69, 9.17) is 0 Å². The van der Waals surface area contributed by atoms with Crippen molar-refractivity contribution in [2.45, 2.75) is 36.4 Å². The third kappa shape index (κ3) is 8.51. The molecule has 3 heterocycles. The standard InChI is InChI=1S/C26H19F9N6O6S2/c27-24(28,29)19-11-20(42)37-22-41(19)38-23(48-22)39-9-10-40(49(44,45)17-7-5-16(6-8-17)47-26(33,34)35)18(13-39)21(43)36-12-14-1-3-15(4-2-14)46-25(30,31)32/h1-8,11,18H,9-10,12-13H2,(H,36,43)/t18-/m1/s1. The second-order valence-corrected chi connectivity index (χ2v) is 12.9. The van der Waals surface area contributed by atoms with Crippen molar-refractivity contribution in [1.29, 1.82) is 0 Å². The quantitative estimate of drug-likeness (QED) is 0.264. The van der Waals surface area contributed by atoms with Crippen molar-refractivity contribution in [2.75, 3.05) is 24.5 Å². The first-order valence-corrected chi connectivity index (χ1v) is 15.7. The minimum atomic E-state index is -5.06. The molecule has 1 N–H and O–H groups in total. The highest BCUT2D eigenvalue weighted by molar-refractivity contribution is 7.89. The van der Waals surface area contributed by atoms with E-state index in [1.165, 1.54) is 17.0 Å². The summed E-state index contributed by atoms with van der Waals surface area (Å²) in [7, 11) is -4.62. The number of nitrogens with zero attached hydrogens (tertiary/aromatic N) is 5. The van der Waals surface area contributed by atoms with Crippen molar-refractivity contribution >= 4 is 37.4 Å². The smallest absolute Gasteiger partial charge is 0.406 e. The maximum atomic E-state index is 13.7. The van der Waals surface area contributed by atoms with E-state index in [0.717, 1.165) is 40.7 Å². The molecule has 4 aromatic rings. The first-order valence-electron chi connectivity index (χ1n) is 13.4. The van der Waals surface area contributed by atoms with E-state index >= 15 is 0 Å². The van der Waals surface area contributed by atoms with Crippen LogP contribution in [0.1, 0.15) is 11.3 Å². The van der Waals surface area contributed by atoms with Gasteiger partial charge in [0.25, 0.3) is 5.56 Å². The van der Waals surface area contributed by atoms with E-state index in [-0.39, 0.29) is 29.9 Å². The number of halogens is 9. The highest BCUT2D eigenvalue weighted by atomic mass is 32.2. The van der Waals surface area contributed by atoms with Gasteiger partial charge in [0.15, 0.2) is 5.69 Å². The first kappa shape index (κ1) is 35.7.